The summed E-state index contributed by atoms with van der Waals surface area (Å²) in [4.78, 5) is 33.9. The molecule has 0 bridgehead atoms. The van der Waals surface area contributed by atoms with E-state index in [-0.39, 0.29) is 18.2 Å². The van der Waals surface area contributed by atoms with Crippen LogP contribution < -0.4 is 15.1 Å². The van der Waals surface area contributed by atoms with Crippen LogP contribution in [0.15, 0.2) is 60.8 Å². The van der Waals surface area contributed by atoms with E-state index in [2.05, 4.69) is 15.2 Å². The van der Waals surface area contributed by atoms with Crippen molar-refractivity contribution in [1.82, 2.24) is 4.98 Å². The molecule has 5 rings (SSSR count). The highest BCUT2D eigenvalue weighted by molar-refractivity contribution is 6.08. The maximum Gasteiger partial charge on any atom is 0.230 e. The minimum Gasteiger partial charge on any atom is -0.378 e. The van der Waals surface area contributed by atoms with Crippen LogP contribution in [0.4, 0.5) is 17.2 Å². The van der Waals surface area contributed by atoms with Gasteiger partial charge in [-0.1, -0.05) is 36.4 Å². The van der Waals surface area contributed by atoms with E-state index in [1.54, 1.807) is 11.1 Å². The Kier molecular flexibility index (Phi) is 5.26. The van der Waals surface area contributed by atoms with Crippen molar-refractivity contribution in [2.75, 3.05) is 48.0 Å². The van der Waals surface area contributed by atoms with E-state index in [1.807, 2.05) is 54.6 Å². The van der Waals surface area contributed by atoms with E-state index in [0.717, 1.165) is 35.2 Å². The lowest BCUT2D eigenvalue weighted by Gasteiger charge is -2.28. The van der Waals surface area contributed by atoms with Crippen LogP contribution in [0.3, 0.4) is 0 Å². The Balaban J connectivity index is 1.27. The molecule has 0 aliphatic carbocycles. The fourth-order valence-electron chi connectivity index (χ4n) is 4.26. The summed E-state index contributed by atoms with van der Waals surface area (Å²) in [5.74, 6) is -0.125. The number of morpholine rings is 1. The third-order valence-electron chi connectivity index (χ3n) is 5.93. The Hall–Kier alpha value is -3.45. The van der Waals surface area contributed by atoms with Gasteiger partial charge in [-0.2, -0.15) is 0 Å². The van der Waals surface area contributed by atoms with E-state index >= 15 is 0 Å². The molecule has 3 heterocycles. The number of nitrogens with zero attached hydrogens (tertiary/aromatic N) is 3. The molecule has 2 fully saturated rings. The average molecular weight is 416 g/mol. The van der Waals surface area contributed by atoms with Gasteiger partial charge in [-0.25, -0.2) is 4.98 Å². The van der Waals surface area contributed by atoms with Gasteiger partial charge in [-0.3, -0.25) is 9.59 Å². The van der Waals surface area contributed by atoms with Crippen molar-refractivity contribution in [2.24, 2.45) is 5.92 Å². The number of aromatic nitrogens is 1. The number of nitrogens with one attached hydrogen (secondary N) is 1. The number of ether oxygens (including phenoxy) is 1. The molecule has 2 aliphatic heterocycles. The summed E-state index contributed by atoms with van der Waals surface area (Å²) in [6.07, 6.45) is 1.96. The zero-order valence-corrected chi connectivity index (χ0v) is 17.2. The van der Waals surface area contributed by atoms with E-state index in [0.29, 0.717) is 25.6 Å². The van der Waals surface area contributed by atoms with Crippen LogP contribution in [0, 0.1) is 5.92 Å². The van der Waals surface area contributed by atoms with Gasteiger partial charge >= 0.3 is 0 Å². The van der Waals surface area contributed by atoms with Crippen LogP contribution in [0.2, 0.25) is 0 Å². The van der Waals surface area contributed by atoms with Gasteiger partial charge in [0.05, 0.1) is 36.7 Å². The van der Waals surface area contributed by atoms with Crippen molar-refractivity contribution in [2.45, 2.75) is 6.42 Å². The minimum absolute atomic E-state index is 0.0351. The Labute approximate surface area is 180 Å². The highest BCUT2D eigenvalue weighted by Crippen LogP contribution is 2.32. The average Bonchev–Trinajstić information content (AvgIpc) is 3.21. The number of benzene rings is 2. The molecule has 0 radical (unpaired) electrons. The van der Waals surface area contributed by atoms with Crippen LogP contribution in [0.5, 0.6) is 0 Å². The second kappa shape index (κ2) is 8.35. The van der Waals surface area contributed by atoms with E-state index in [9.17, 15) is 9.59 Å². The van der Waals surface area contributed by atoms with Gasteiger partial charge in [0.15, 0.2) is 0 Å². The molecule has 31 heavy (non-hydrogen) atoms. The smallest absolute Gasteiger partial charge is 0.230 e. The molecule has 1 N–H and O–H groups in total. The number of anilines is 3. The topological polar surface area (TPSA) is 74.8 Å². The highest BCUT2D eigenvalue weighted by Gasteiger charge is 2.35. The summed E-state index contributed by atoms with van der Waals surface area (Å²) in [7, 11) is 0. The molecule has 7 nitrogen and oxygen atoms in total. The first kappa shape index (κ1) is 19.5. The van der Waals surface area contributed by atoms with Gasteiger partial charge in [0.2, 0.25) is 11.8 Å². The third-order valence-corrected chi connectivity index (χ3v) is 5.93. The zero-order valence-electron chi connectivity index (χ0n) is 17.2. The number of carbonyl (C=O) groups is 2. The quantitative estimate of drug-likeness (QED) is 0.708. The first-order valence-corrected chi connectivity index (χ1v) is 10.6. The predicted molar refractivity (Wildman–Crippen MR) is 120 cm³/mol. The lowest BCUT2D eigenvalue weighted by atomic mass is 10.1. The summed E-state index contributed by atoms with van der Waals surface area (Å²) in [5.41, 5.74) is 1.87. The van der Waals surface area contributed by atoms with Crippen molar-refractivity contribution in [3.8, 4) is 0 Å². The molecule has 0 spiro atoms. The van der Waals surface area contributed by atoms with Gasteiger partial charge in [-0.15, -0.1) is 0 Å². The number of pyridine rings is 1. The van der Waals surface area contributed by atoms with Crippen LogP contribution in [-0.4, -0.2) is 49.6 Å². The number of carbonyl (C=O) groups excluding carboxylic acids is 2. The first-order valence-electron chi connectivity index (χ1n) is 10.6. The van der Waals surface area contributed by atoms with Crippen molar-refractivity contribution < 1.29 is 14.3 Å². The Morgan fingerprint density at radius 1 is 1.03 bits per heavy atom. The van der Waals surface area contributed by atoms with Crippen LogP contribution in [0.25, 0.3) is 10.8 Å². The fraction of sp³-hybridized carbons (Fsp3) is 0.292. The monoisotopic (exact) mass is 416 g/mol. The minimum atomic E-state index is -0.410. The summed E-state index contributed by atoms with van der Waals surface area (Å²) >= 11 is 0. The van der Waals surface area contributed by atoms with E-state index in [1.165, 1.54) is 0 Å². The third kappa shape index (κ3) is 3.96. The lowest BCUT2D eigenvalue weighted by molar-refractivity contribution is -0.122. The predicted octanol–water partition coefficient (Wildman–Crippen LogP) is 3.06. The Bertz CT molecular complexity index is 1100. The second-order valence-corrected chi connectivity index (χ2v) is 7.89. The number of hydrogen-bond acceptors (Lipinski definition) is 5. The van der Waals surface area contributed by atoms with Gasteiger partial charge < -0.3 is 19.9 Å². The molecule has 158 valence electrons. The second-order valence-electron chi connectivity index (χ2n) is 7.89. The summed E-state index contributed by atoms with van der Waals surface area (Å²) in [6.45, 7) is 3.45. The van der Waals surface area contributed by atoms with E-state index < -0.39 is 5.92 Å². The van der Waals surface area contributed by atoms with Crippen molar-refractivity contribution >= 4 is 39.8 Å². The fourth-order valence-corrected chi connectivity index (χ4v) is 4.26. The van der Waals surface area contributed by atoms with Crippen LogP contribution in [-0.2, 0) is 14.3 Å². The Morgan fingerprint density at radius 3 is 2.65 bits per heavy atom. The van der Waals surface area contributed by atoms with Crippen LogP contribution in [0.1, 0.15) is 6.42 Å². The molecule has 2 aromatic carbocycles. The number of hydrogen-bond donors (Lipinski definition) is 1. The molecule has 1 atom stereocenters. The van der Waals surface area contributed by atoms with Crippen molar-refractivity contribution in [3.05, 3.63) is 60.8 Å². The number of rotatable bonds is 4. The zero-order chi connectivity index (χ0) is 21.2. The number of amides is 2. The standard InChI is InChI=1S/C24H24N4O3/c29-23-14-18(16-28(23)21-7-3-5-17-4-1-2-6-20(17)21)24(30)26-22-9-8-19(15-25-22)27-10-12-31-13-11-27/h1-9,15,18H,10-14,16H2,(H,25,26,30)/t18-/m1/s1. The summed E-state index contributed by atoms with van der Waals surface area (Å²) in [5, 5.41) is 4.96. The van der Waals surface area contributed by atoms with Crippen molar-refractivity contribution in [3.63, 3.8) is 0 Å². The molecule has 0 unspecified atom stereocenters. The van der Waals surface area contributed by atoms with Crippen molar-refractivity contribution in [1.29, 1.82) is 0 Å². The molecule has 7 heteroatoms. The maximum atomic E-state index is 12.8. The van der Waals surface area contributed by atoms with Gasteiger partial charge in [0.25, 0.3) is 0 Å². The van der Waals surface area contributed by atoms with Gasteiger partial charge in [0, 0.05) is 31.4 Å². The lowest BCUT2D eigenvalue weighted by Crippen LogP contribution is -2.36. The maximum absolute atomic E-state index is 12.8. The number of fused-ring (bicyclic) bond motifs is 1. The molecule has 2 amide bonds. The first-order chi connectivity index (χ1) is 15.2. The normalized spacial score (nSPS) is 19.1. The highest BCUT2D eigenvalue weighted by atomic mass is 16.5. The molecule has 3 aromatic rings. The van der Waals surface area contributed by atoms with E-state index in [4.69, 9.17) is 4.74 Å². The molecule has 0 saturated carbocycles. The van der Waals surface area contributed by atoms with Gasteiger partial charge in [-0.05, 0) is 23.6 Å². The molecule has 2 saturated heterocycles. The molecular weight excluding hydrogens is 392 g/mol. The SMILES string of the molecule is O=C(Nc1ccc(N2CCOCC2)cn1)[C@@H]1CC(=O)N(c2cccc3ccccc23)C1. The largest absolute Gasteiger partial charge is 0.378 e. The Morgan fingerprint density at radius 2 is 1.84 bits per heavy atom. The molecular formula is C24H24N4O3. The summed E-state index contributed by atoms with van der Waals surface area (Å²) < 4.78 is 5.38. The van der Waals surface area contributed by atoms with Crippen LogP contribution >= 0.6 is 0 Å². The van der Waals surface area contributed by atoms with Gasteiger partial charge in [0.1, 0.15) is 5.82 Å². The summed E-state index contributed by atoms with van der Waals surface area (Å²) in [6, 6.07) is 17.6. The molecule has 2 aliphatic rings. The molecule has 1 aromatic heterocycles.